The van der Waals surface area contributed by atoms with Crippen molar-refractivity contribution >= 4 is 27.5 Å². The Balaban J connectivity index is 2.27. The lowest BCUT2D eigenvalue weighted by molar-refractivity contribution is -0.139. The maximum absolute atomic E-state index is 11.3. The predicted molar refractivity (Wildman–Crippen MR) is 83.5 cm³/mol. The fourth-order valence-electron chi connectivity index (χ4n) is 2.32. The molecule has 2 atom stereocenters. The minimum atomic E-state index is -4.40. The van der Waals surface area contributed by atoms with E-state index in [1.165, 1.54) is 18.2 Å². The summed E-state index contributed by atoms with van der Waals surface area (Å²) >= 11 is 0. The van der Waals surface area contributed by atoms with Crippen LogP contribution in [0.2, 0.25) is 0 Å². The number of hydrogen-bond donors (Lipinski definition) is 5. The van der Waals surface area contributed by atoms with Crippen LogP contribution in [-0.2, 0) is 14.9 Å². The molecule has 6 N–H and O–H groups in total. The number of carboxylic acid groups (broad SMARTS) is 1. The third-order valence-electron chi connectivity index (χ3n) is 3.42. The van der Waals surface area contributed by atoms with E-state index in [2.05, 4.69) is 10.5 Å². The fourth-order valence-corrected chi connectivity index (χ4v) is 3.08. The highest BCUT2D eigenvalue weighted by Gasteiger charge is 2.32. The van der Waals surface area contributed by atoms with Crippen LogP contribution < -0.4 is 11.2 Å². The Labute approximate surface area is 132 Å². The normalized spacial score (nSPS) is 26.7. The third-order valence-corrected chi connectivity index (χ3v) is 4.44. The van der Waals surface area contributed by atoms with Gasteiger partial charge in [0, 0.05) is 12.1 Å². The molecule has 2 aliphatic carbocycles. The summed E-state index contributed by atoms with van der Waals surface area (Å²) in [5, 5.41) is 20.9. The lowest BCUT2D eigenvalue weighted by atomic mass is 9.89. The Morgan fingerprint density at radius 3 is 2.78 bits per heavy atom. The molecule has 0 radical (unpaired) electrons. The molecule has 0 amide bonds. The SMILES string of the molecule is N=C1C=C(N)CC(C(=O)O)C1=NNC1CC=CC=C1S(=O)(=O)O. The van der Waals surface area contributed by atoms with E-state index in [1.807, 2.05) is 0 Å². The highest BCUT2D eigenvalue weighted by Crippen LogP contribution is 2.20. The summed E-state index contributed by atoms with van der Waals surface area (Å²) in [6.07, 6.45) is 5.96. The average molecular weight is 340 g/mol. The number of carboxylic acids is 1. The van der Waals surface area contributed by atoms with Gasteiger partial charge in [-0.05, 0) is 18.6 Å². The highest BCUT2D eigenvalue weighted by atomic mass is 32.2. The van der Waals surface area contributed by atoms with Crippen LogP contribution in [-0.4, -0.2) is 41.5 Å². The molecule has 0 heterocycles. The molecule has 2 aliphatic rings. The molecule has 10 heteroatoms. The van der Waals surface area contributed by atoms with Crippen molar-refractivity contribution in [1.29, 1.82) is 5.41 Å². The fraction of sp³-hybridized carbons (Fsp3) is 0.308. The van der Waals surface area contributed by atoms with Crippen molar-refractivity contribution in [3.05, 3.63) is 34.9 Å². The number of nitrogens with two attached hydrogens (primary N) is 1. The van der Waals surface area contributed by atoms with Crippen LogP contribution in [0.4, 0.5) is 0 Å². The third kappa shape index (κ3) is 3.85. The van der Waals surface area contributed by atoms with Gasteiger partial charge in [-0.1, -0.05) is 12.2 Å². The zero-order valence-electron chi connectivity index (χ0n) is 11.9. The standard InChI is InChI=1S/C13H16N4O5S/c14-7-5-8(13(18)19)12(9(15)6-7)17-16-10-3-1-2-4-11(10)23(20,21)22/h1-2,4,6,8,10,15-16H,3,5,14H2,(H,18,19)(H,20,21,22). The second kappa shape index (κ2) is 6.34. The molecule has 0 saturated carbocycles. The number of hydrazone groups is 1. The number of nitrogens with zero attached hydrogens (tertiary/aromatic N) is 1. The lowest BCUT2D eigenvalue weighted by Gasteiger charge is -2.23. The minimum absolute atomic E-state index is 0.0176. The molecule has 9 nitrogen and oxygen atoms in total. The molecule has 0 aromatic carbocycles. The number of hydrogen-bond acceptors (Lipinski definition) is 7. The van der Waals surface area contributed by atoms with Gasteiger partial charge in [-0.2, -0.15) is 13.5 Å². The van der Waals surface area contributed by atoms with E-state index in [0.29, 0.717) is 0 Å². The van der Waals surface area contributed by atoms with Gasteiger partial charge in [-0.15, -0.1) is 0 Å². The maximum Gasteiger partial charge on any atom is 0.313 e. The Bertz CT molecular complexity index is 763. The van der Waals surface area contributed by atoms with Crippen LogP contribution in [0.1, 0.15) is 12.8 Å². The monoisotopic (exact) mass is 340 g/mol. The van der Waals surface area contributed by atoms with Crippen LogP contribution in [0.25, 0.3) is 0 Å². The Morgan fingerprint density at radius 2 is 2.17 bits per heavy atom. The average Bonchev–Trinajstić information content (AvgIpc) is 2.44. The van der Waals surface area contributed by atoms with Gasteiger partial charge < -0.3 is 16.3 Å². The molecule has 124 valence electrons. The highest BCUT2D eigenvalue weighted by molar-refractivity contribution is 7.89. The molecule has 0 aromatic heterocycles. The molecular weight excluding hydrogens is 324 g/mol. The van der Waals surface area contributed by atoms with Crippen LogP contribution in [0.5, 0.6) is 0 Å². The van der Waals surface area contributed by atoms with Crippen molar-refractivity contribution in [2.24, 2.45) is 16.8 Å². The summed E-state index contributed by atoms with van der Waals surface area (Å²) in [7, 11) is -4.40. The number of aliphatic carboxylic acids is 1. The quantitative estimate of drug-likeness (QED) is 0.354. The summed E-state index contributed by atoms with van der Waals surface area (Å²) in [5.74, 6) is -2.27. The molecule has 0 bridgehead atoms. The van der Waals surface area contributed by atoms with E-state index in [-0.39, 0.29) is 34.9 Å². The van der Waals surface area contributed by atoms with Gasteiger partial charge in [-0.25, -0.2) is 0 Å². The van der Waals surface area contributed by atoms with E-state index >= 15 is 0 Å². The molecular formula is C13H16N4O5S. The second-order valence-electron chi connectivity index (χ2n) is 5.11. The summed E-state index contributed by atoms with van der Waals surface area (Å²) in [6.45, 7) is 0. The predicted octanol–water partition coefficient (Wildman–Crippen LogP) is -0.000930. The number of allylic oxidation sites excluding steroid dienone is 4. The lowest BCUT2D eigenvalue weighted by Crippen LogP contribution is -2.38. The zero-order valence-corrected chi connectivity index (χ0v) is 12.7. The van der Waals surface area contributed by atoms with E-state index in [0.717, 1.165) is 0 Å². The maximum atomic E-state index is 11.3. The second-order valence-corrected chi connectivity index (χ2v) is 6.54. The van der Waals surface area contributed by atoms with Crippen LogP contribution in [0.3, 0.4) is 0 Å². The van der Waals surface area contributed by atoms with E-state index in [1.54, 1.807) is 6.08 Å². The smallest absolute Gasteiger partial charge is 0.313 e. The zero-order chi connectivity index (χ0) is 17.2. The van der Waals surface area contributed by atoms with E-state index in [4.69, 9.17) is 11.1 Å². The molecule has 2 unspecified atom stereocenters. The molecule has 0 aliphatic heterocycles. The van der Waals surface area contributed by atoms with Gasteiger partial charge in [-0.3, -0.25) is 14.8 Å². The topological polar surface area (TPSA) is 166 Å². The summed E-state index contributed by atoms with van der Waals surface area (Å²) < 4.78 is 31.9. The van der Waals surface area contributed by atoms with Gasteiger partial charge in [0.25, 0.3) is 10.1 Å². The molecule has 0 aromatic rings. The molecule has 2 rings (SSSR count). The first-order valence-electron chi connectivity index (χ1n) is 6.65. The van der Waals surface area contributed by atoms with Crippen LogP contribution in [0.15, 0.2) is 40.0 Å². The Morgan fingerprint density at radius 1 is 1.48 bits per heavy atom. The largest absolute Gasteiger partial charge is 0.481 e. The van der Waals surface area contributed by atoms with Gasteiger partial charge in [0.1, 0.15) is 5.92 Å². The molecule has 0 saturated heterocycles. The van der Waals surface area contributed by atoms with Gasteiger partial charge in [0.05, 0.1) is 22.4 Å². The van der Waals surface area contributed by atoms with Crippen molar-refractivity contribution in [3.8, 4) is 0 Å². The summed E-state index contributed by atoms with van der Waals surface area (Å²) in [4.78, 5) is 11.0. The first kappa shape index (κ1) is 16.9. The molecule has 0 spiro atoms. The Kier molecular flexibility index (Phi) is 4.66. The first-order valence-corrected chi connectivity index (χ1v) is 8.09. The number of nitrogens with one attached hydrogen (secondary N) is 2. The van der Waals surface area contributed by atoms with E-state index < -0.39 is 28.0 Å². The number of carbonyl (C=O) groups is 1. The summed E-state index contributed by atoms with van der Waals surface area (Å²) in [5.41, 5.74) is 8.18. The van der Waals surface area contributed by atoms with Gasteiger partial charge in [0.2, 0.25) is 0 Å². The van der Waals surface area contributed by atoms with Crippen molar-refractivity contribution in [1.82, 2.24) is 5.43 Å². The molecule has 0 fully saturated rings. The first-order chi connectivity index (χ1) is 10.7. The van der Waals surface area contributed by atoms with E-state index in [9.17, 15) is 22.9 Å². The van der Waals surface area contributed by atoms with Gasteiger partial charge in [0.15, 0.2) is 0 Å². The van der Waals surface area contributed by atoms with Crippen LogP contribution >= 0.6 is 0 Å². The van der Waals surface area contributed by atoms with Crippen molar-refractivity contribution in [2.45, 2.75) is 18.9 Å². The van der Waals surface area contributed by atoms with Gasteiger partial charge >= 0.3 is 5.97 Å². The van der Waals surface area contributed by atoms with Crippen LogP contribution in [0, 0.1) is 11.3 Å². The van der Waals surface area contributed by atoms with Crippen molar-refractivity contribution in [3.63, 3.8) is 0 Å². The van der Waals surface area contributed by atoms with Crippen molar-refractivity contribution < 1.29 is 22.9 Å². The van der Waals surface area contributed by atoms with Crippen molar-refractivity contribution in [2.75, 3.05) is 0 Å². The number of rotatable bonds is 4. The summed E-state index contributed by atoms with van der Waals surface area (Å²) in [6, 6.07) is -0.840. The molecule has 23 heavy (non-hydrogen) atoms. The minimum Gasteiger partial charge on any atom is -0.481 e. The Hall–Kier alpha value is -2.46.